The first-order valence-corrected chi connectivity index (χ1v) is 13.0. The molecule has 2 aromatic rings. The number of hydrogen-bond donors (Lipinski definition) is 2. The van der Waals surface area contributed by atoms with Gasteiger partial charge in [-0.2, -0.15) is 11.8 Å². The summed E-state index contributed by atoms with van der Waals surface area (Å²) in [5.41, 5.74) is 1.29. The number of hydrogen-bond acceptors (Lipinski definition) is 5. The number of nitrogens with one attached hydrogen (secondary N) is 1. The first kappa shape index (κ1) is 21.8. The molecule has 4 atom stereocenters. The van der Waals surface area contributed by atoms with Crippen molar-refractivity contribution < 1.29 is 9.84 Å². The van der Waals surface area contributed by atoms with E-state index >= 15 is 0 Å². The van der Waals surface area contributed by atoms with Gasteiger partial charge in [-0.05, 0) is 62.1 Å². The van der Waals surface area contributed by atoms with E-state index in [4.69, 9.17) is 16.3 Å². The van der Waals surface area contributed by atoms with Gasteiger partial charge in [0.2, 0.25) is 0 Å². The molecule has 1 saturated carbocycles. The van der Waals surface area contributed by atoms with Crippen molar-refractivity contribution in [3.63, 3.8) is 0 Å². The Kier molecular flexibility index (Phi) is 6.68. The van der Waals surface area contributed by atoms with Crippen LogP contribution in [0.4, 0.5) is 0 Å². The highest BCUT2D eigenvalue weighted by molar-refractivity contribution is 8.02. The zero-order chi connectivity index (χ0) is 21.4. The molecule has 1 aliphatic carbocycles. The number of aliphatic hydroxyl groups excluding tert-OH is 1. The molecule has 2 bridgehead atoms. The van der Waals surface area contributed by atoms with Crippen LogP contribution >= 0.6 is 23.4 Å². The van der Waals surface area contributed by atoms with Gasteiger partial charge in [-0.25, -0.2) is 0 Å². The van der Waals surface area contributed by atoms with Crippen LogP contribution in [0.5, 0.6) is 5.75 Å². The Morgan fingerprint density at radius 2 is 2.03 bits per heavy atom. The molecule has 0 radical (unpaired) electrons. The minimum absolute atomic E-state index is 0.292. The van der Waals surface area contributed by atoms with Crippen molar-refractivity contribution >= 4 is 34.1 Å². The SMILES string of the molecule is CC(O)CNC1C2CCCN(Cc3cc(Cl)c(OCC4CC4)c4ccccc34)CC1S2. The highest BCUT2D eigenvalue weighted by Gasteiger charge is 2.43. The second kappa shape index (κ2) is 9.48. The molecule has 4 nitrogen and oxygen atoms in total. The quantitative estimate of drug-likeness (QED) is 0.597. The normalized spacial score (nSPS) is 27.4. The molecule has 6 heteroatoms. The number of benzene rings is 2. The third-order valence-electron chi connectivity index (χ3n) is 6.79. The molecule has 3 saturated heterocycles. The molecule has 3 heterocycles. The van der Waals surface area contributed by atoms with E-state index in [1.54, 1.807) is 0 Å². The Morgan fingerprint density at radius 3 is 2.81 bits per heavy atom. The van der Waals surface area contributed by atoms with E-state index in [1.165, 1.54) is 36.6 Å². The Morgan fingerprint density at radius 1 is 1.23 bits per heavy atom. The molecule has 2 aromatic carbocycles. The van der Waals surface area contributed by atoms with E-state index in [0.29, 0.717) is 29.0 Å². The maximum absolute atomic E-state index is 9.68. The van der Waals surface area contributed by atoms with E-state index in [2.05, 4.69) is 52.3 Å². The first-order valence-electron chi connectivity index (χ1n) is 11.7. The van der Waals surface area contributed by atoms with Crippen molar-refractivity contribution in [2.24, 2.45) is 5.92 Å². The molecule has 31 heavy (non-hydrogen) atoms. The van der Waals surface area contributed by atoms with Gasteiger partial charge in [0.1, 0.15) is 5.75 Å². The van der Waals surface area contributed by atoms with Gasteiger partial charge in [0.05, 0.1) is 17.7 Å². The fraction of sp³-hybridized carbons (Fsp3) is 0.600. The lowest BCUT2D eigenvalue weighted by Crippen LogP contribution is -2.60. The summed E-state index contributed by atoms with van der Waals surface area (Å²) in [7, 11) is 0. The summed E-state index contributed by atoms with van der Waals surface area (Å²) >= 11 is 8.85. The molecule has 6 rings (SSSR count). The highest BCUT2D eigenvalue weighted by atomic mass is 35.5. The fourth-order valence-corrected chi connectivity index (χ4v) is 6.89. The van der Waals surface area contributed by atoms with Crippen LogP contribution in [0.2, 0.25) is 5.02 Å². The smallest absolute Gasteiger partial charge is 0.145 e. The number of ether oxygens (including phenoxy) is 1. The number of halogens is 1. The van der Waals surface area contributed by atoms with Gasteiger partial charge < -0.3 is 15.2 Å². The van der Waals surface area contributed by atoms with Crippen LogP contribution < -0.4 is 10.1 Å². The van der Waals surface area contributed by atoms with Crippen molar-refractivity contribution in [3.05, 3.63) is 40.9 Å². The molecule has 4 aliphatic rings. The van der Waals surface area contributed by atoms with Gasteiger partial charge in [0, 0.05) is 41.6 Å². The predicted molar refractivity (Wildman–Crippen MR) is 130 cm³/mol. The van der Waals surface area contributed by atoms with Gasteiger partial charge in [0.15, 0.2) is 0 Å². The van der Waals surface area contributed by atoms with E-state index < -0.39 is 0 Å². The second-order valence-corrected chi connectivity index (χ2v) is 11.4. The minimum atomic E-state index is -0.292. The molecular formula is C25H33ClN2O2S. The summed E-state index contributed by atoms with van der Waals surface area (Å²) in [4.78, 5) is 2.59. The van der Waals surface area contributed by atoms with Gasteiger partial charge >= 0.3 is 0 Å². The maximum Gasteiger partial charge on any atom is 0.145 e. The average molecular weight is 461 g/mol. The Balaban J connectivity index is 1.33. The van der Waals surface area contributed by atoms with Crippen LogP contribution in [0.15, 0.2) is 30.3 Å². The molecule has 0 spiro atoms. The summed E-state index contributed by atoms with van der Waals surface area (Å²) in [6.45, 7) is 6.42. The lowest BCUT2D eigenvalue weighted by atomic mass is 9.98. The van der Waals surface area contributed by atoms with Crippen LogP contribution in [-0.4, -0.2) is 58.9 Å². The molecule has 168 valence electrons. The van der Waals surface area contributed by atoms with Crippen LogP contribution in [0.3, 0.4) is 0 Å². The molecule has 3 aliphatic heterocycles. The molecule has 0 aromatic heterocycles. The fourth-order valence-electron chi connectivity index (χ4n) is 4.91. The van der Waals surface area contributed by atoms with Gasteiger partial charge in [0.25, 0.3) is 0 Å². The summed E-state index contributed by atoms with van der Waals surface area (Å²) in [5, 5.41) is 17.7. The molecular weight excluding hydrogens is 428 g/mol. The van der Waals surface area contributed by atoms with Crippen LogP contribution in [0.1, 0.15) is 38.2 Å². The number of fused-ring (bicyclic) bond motifs is 5. The summed E-state index contributed by atoms with van der Waals surface area (Å²) in [6, 6.07) is 11.2. The second-order valence-electron chi connectivity index (χ2n) is 9.52. The van der Waals surface area contributed by atoms with Gasteiger partial charge in [-0.3, -0.25) is 4.90 Å². The number of rotatable bonds is 8. The number of aliphatic hydroxyl groups is 1. The minimum Gasteiger partial charge on any atom is -0.491 e. The van der Waals surface area contributed by atoms with Crippen LogP contribution in [-0.2, 0) is 6.54 Å². The van der Waals surface area contributed by atoms with Crippen LogP contribution in [0.25, 0.3) is 10.8 Å². The van der Waals surface area contributed by atoms with E-state index in [1.807, 2.05) is 6.92 Å². The van der Waals surface area contributed by atoms with E-state index in [-0.39, 0.29) is 6.10 Å². The third-order valence-corrected chi connectivity index (χ3v) is 8.74. The van der Waals surface area contributed by atoms with E-state index in [9.17, 15) is 5.11 Å². The van der Waals surface area contributed by atoms with Gasteiger partial charge in [-0.1, -0.05) is 35.9 Å². The Hall–Kier alpha value is -0.980. The van der Waals surface area contributed by atoms with Crippen molar-refractivity contribution in [1.29, 1.82) is 0 Å². The topological polar surface area (TPSA) is 44.7 Å². The standard InChI is InChI=1S/C25H33ClN2O2S/c1-16(29)12-27-24-22-7-4-10-28(14-23(24)31-22)13-18-11-21(26)25(30-15-17-8-9-17)20-6-3-2-5-19(18)20/h2-3,5-6,11,16-17,22-24,27,29H,4,7-10,12-15H2,1H3. The predicted octanol–water partition coefficient (Wildman–Crippen LogP) is 4.70. The van der Waals surface area contributed by atoms with Crippen molar-refractivity contribution in [2.45, 2.75) is 61.8 Å². The van der Waals surface area contributed by atoms with Crippen LogP contribution in [0, 0.1) is 5.92 Å². The largest absolute Gasteiger partial charge is 0.491 e. The van der Waals surface area contributed by atoms with Crippen molar-refractivity contribution in [1.82, 2.24) is 10.2 Å². The summed E-state index contributed by atoms with van der Waals surface area (Å²) in [5.74, 6) is 1.55. The zero-order valence-corrected chi connectivity index (χ0v) is 19.8. The van der Waals surface area contributed by atoms with Gasteiger partial charge in [-0.15, -0.1) is 0 Å². The van der Waals surface area contributed by atoms with Crippen molar-refractivity contribution in [3.8, 4) is 5.75 Å². The maximum atomic E-state index is 9.68. The lowest BCUT2D eigenvalue weighted by Gasteiger charge is -2.49. The molecule has 2 N–H and O–H groups in total. The molecule has 4 fully saturated rings. The zero-order valence-electron chi connectivity index (χ0n) is 18.2. The highest BCUT2D eigenvalue weighted by Crippen LogP contribution is 2.43. The van der Waals surface area contributed by atoms with Crippen molar-refractivity contribution in [2.75, 3.05) is 26.2 Å². The molecule has 0 amide bonds. The van der Waals surface area contributed by atoms with E-state index in [0.717, 1.165) is 42.4 Å². The monoisotopic (exact) mass is 460 g/mol. The average Bonchev–Trinajstić information content (AvgIpc) is 3.53. The first-order chi connectivity index (χ1) is 15.1. The Bertz CT molecular complexity index is 918. The number of nitrogens with zero attached hydrogens (tertiary/aromatic N) is 1. The summed E-state index contributed by atoms with van der Waals surface area (Å²) < 4.78 is 6.16. The lowest BCUT2D eigenvalue weighted by molar-refractivity contribution is 0.172. The third kappa shape index (κ3) is 5.01. The Labute approximate surface area is 194 Å². The number of thioether (sulfide) groups is 1. The molecule has 4 unspecified atom stereocenters. The summed E-state index contributed by atoms with van der Waals surface area (Å²) in [6.07, 6.45) is 4.71.